The molecule has 1 aliphatic heterocycles. The first-order valence-corrected chi connectivity index (χ1v) is 12.1. The molecule has 180 valence electrons. The third-order valence-electron chi connectivity index (χ3n) is 6.12. The number of rotatable bonds is 7. The number of ether oxygens (including phenoxy) is 2. The molecule has 1 fully saturated rings. The van der Waals surface area contributed by atoms with Gasteiger partial charge in [-0.2, -0.15) is 0 Å². The lowest BCUT2D eigenvalue weighted by Gasteiger charge is -2.28. The summed E-state index contributed by atoms with van der Waals surface area (Å²) in [5, 5.41) is 0. The summed E-state index contributed by atoms with van der Waals surface area (Å²) in [7, 11) is 0. The van der Waals surface area contributed by atoms with Crippen LogP contribution < -0.4 is 9.64 Å². The number of para-hydroxylation sites is 1. The van der Waals surface area contributed by atoms with Crippen LogP contribution in [0.3, 0.4) is 0 Å². The Hall–Kier alpha value is -4.30. The molecule has 0 unspecified atom stereocenters. The fourth-order valence-corrected chi connectivity index (χ4v) is 4.30. The van der Waals surface area contributed by atoms with E-state index in [0.717, 1.165) is 52.9 Å². The second kappa shape index (κ2) is 10.1. The maximum Gasteiger partial charge on any atom is 0.219 e. The Kier molecular flexibility index (Phi) is 6.24. The number of nitrogens with zero attached hydrogens (tertiary/aromatic N) is 6. The summed E-state index contributed by atoms with van der Waals surface area (Å²) < 4.78 is 13.4. The van der Waals surface area contributed by atoms with Gasteiger partial charge < -0.3 is 18.8 Å². The van der Waals surface area contributed by atoms with Gasteiger partial charge in [-0.15, -0.1) is 0 Å². The first-order chi connectivity index (χ1) is 17.8. The summed E-state index contributed by atoms with van der Waals surface area (Å²) in [6.45, 7) is 3.06. The maximum atomic E-state index is 5.82. The van der Waals surface area contributed by atoms with Crippen LogP contribution in [0, 0.1) is 0 Å². The Morgan fingerprint density at radius 2 is 1.72 bits per heavy atom. The molecule has 4 aromatic heterocycles. The van der Waals surface area contributed by atoms with E-state index in [1.54, 1.807) is 0 Å². The zero-order valence-corrected chi connectivity index (χ0v) is 19.8. The summed E-state index contributed by atoms with van der Waals surface area (Å²) in [5.41, 5.74) is 4.10. The number of hydrogen-bond donors (Lipinski definition) is 0. The fraction of sp³-hybridized carbons (Fsp3) is 0.214. The normalized spacial score (nSPS) is 13.7. The topological polar surface area (TPSA) is 77.7 Å². The van der Waals surface area contributed by atoms with Crippen LogP contribution >= 0.6 is 0 Å². The van der Waals surface area contributed by atoms with Gasteiger partial charge in [-0.3, -0.25) is 0 Å². The molecule has 0 radical (unpaired) electrons. The molecule has 8 nitrogen and oxygen atoms in total. The molecule has 0 aliphatic carbocycles. The van der Waals surface area contributed by atoms with Crippen LogP contribution in [-0.2, 0) is 17.6 Å². The summed E-state index contributed by atoms with van der Waals surface area (Å²) in [6, 6.07) is 19.9. The van der Waals surface area contributed by atoms with Crippen LogP contribution in [0.15, 0.2) is 85.5 Å². The van der Waals surface area contributed by atoms with Crippen LogP contribution in [0.2, 0.25) is 0 Å². The number of hydrogen-bond acceptors (Lipinski definition) is 7. The number of benzene rings is 1. The van der Waals surface area contributed by atoms with Crippen molar-refractivity contribution in [3.05, 3.63) is 108 Å². The Bertz CT molecular complexity index is 1450. The second-order valence-corrected chi connectivity index (χ2v) is 8.73. The van der Waals surface area contributed by atoms with E-state index in [9.17, 15) is 0 Å². The molecule has 6 rings (SSSR count). The predicted molar refractivity (Wildman–Crippen MR) is 137 cm³/mol. The van der Waals surface area contributed by atoms with Crippen molar-refractivity contribution in [1.82, 2.24) is 24.3 Å². The van der Waals surface area contributed by atoms with Crippen molar-refractivity contribution in [3.8, 4) is 11.6 Å². The van der Waals surface area contributed by atoms with E-state index in [2.05, 4.69) is 33.1 Å². The number of aromatic nitrogens is 5. The molecule has 0 N–H and O–H groups in total. The molecule has 0 bridgehead atoms. The van der Waals surface area contributed by atoms with E-state index in [4.69, 9.17) is 19.4 Å². The number of pyridine rings is 2. The molecule has 5 aromatic rings. The minimum absolute atomic E-state index is 0.558. The monoisotopic (exact) mass is 478 g/mol. The maximum absolute atomic E-state index is 5.82. The smallest absolute Gasteiger partial charge is 0.219 e. The third kappa shape index (κ3) is 5.18. The highest BCUT2D eigenvalue weighted by atomic mass is 16.5. The quantitative estimate of drug-likeness (QED) is 0.345. The van der Waals surface area contributed by atoms with E-state index in [1.807, 2.05) is 71.7 Å². The van der Waals surface area contributed by atoms with E-state index >= 15 is 0 Å². The largest absolute Gasteiger partial charge is 0.439 e. The van der Waals surface area contributed by atoms with Gasteiger partial charge in [0, 0.05) is 62.9 Å². The van der Waals surface area contributed by atoms with E-state index in [0.29, 0.717) is 31.9 Å². The van der Waals surface area contributed by atoms with Crippen LogP contribution in [0.25, 0.3) is 5.65 Å². The minimum Gasteiger partial charge on any atom is -0.439 e. The molecule has 8 heteroatoms. The molecule has 0 atom stereocenters. The van der Waals surface area contributed by atoms with Gasteiger partial charge in [0.1, 0.15) is 23.0 Å². The molecule has 0 spiro atoms. The number of anilines is 1. The number of morpholine rings is 1. The van der Waals surface area contributed by atoms with Crippen LogP contribution in [0.5, 0.6) is 11.6 Å². The van der Waals surface area contributed by atoms with Gasteiger partial charge in [0.25, 0.3) is 0 Å². The first-order valence-electron chi connectivity index (χ1n) is 12.1. The van der Waals surface area contributed by atoms with Crippen LogP contribution in [-0.4, -0.2) is 50.6 Å². The zero-order valence-electron chi connectivity index (χ0n) is 19.8. The van der Waals surface area contributed by atoms with Crippen LogP contribution in [0.1, 0.15) is 22.6 Å². The number of fused-ring (bicyclic) bond motifs is 1. The second-order valence-electron chi connectivity index (χ2n) is 8.73. The van der Waals surface area contributed by atoms with Gasteiger partial charge in [0.05, 0.1) is 18.9 Å². The van der Waals surface area contributed by atoms with Crippen molar-refractivity contribution in [2.75, 3.05) is 31.2 Å². The summed E-state index contributed by atoms with van der Waals surface area (Å²) >= 11 is 0. The molecule has 0 amide bonds. The molecule has 1 saturated heterocycles. The van der Waals surface area contributed by atoms with E-state index in [-0.39, 0.29) is 0 Å². The van der Waals surface area contributed by atoms with Crippen LogP contribution in [0.4, 0.5) is 5.82 Å². The van der Waals surface area contributed by atoms with Crippen molar-refractivity contribution in [2.24, 2.45) is 0 Å². The molecule has 0 saturated carbocycles. The van der Waals surface area contributed by atoms with Crippen molar-refractivity contribution < 1.29 is 9.47 Å². The van der Waals surface area contributed by atoms with Gasteiger partial charge in [-0.1, -0.05) is 24.3 Å². The van der Waals surface area contributed by atoms with Crippen molar-refractivity contribution in [3.63, 3.8) is 0 Å². The van der Waals surface area contributed by atoms with Gasteiger partial charge in [0.2, 0.25) is 5.88 Å². The SMILES string of the molecule is c1ccc(Oc2ccc(Cc3nc(Cc4ccn5ccnc5c4)cc(N4CCOCC4)n3)cn2)cc1. The average molecular weight is 479 g/mol. The summed E-state index contributed by atoms with van der Waals surface area (Å²) in [5.74, 6) is 3.03. The molecule has 5 heterocycles. The molecule has 36 heavy (non-hydrogen) atoms. The lowest BCUT2D eigenvalue weighted by Crippen LogP contribution is -2.37. The van der Waals surface area contributed by atoms with Gasteiger partial charge in [0.15, 0.2) is 0 Å². The third-order valence-corrected chi connectivity index (χ3v) is 6.12. The zero-order chi connectivity index (χ0) is 24.2. The Morgan fingerprint density at radius 3 is 2.56 bits per heavy atom. The highest BCUT2D eigenvalue weighted by Gasteiger charge is 2.16. The Labute approximate surface area is 209 Å². The summed E-state index contributed by atoms with van der Waals surface area (Å²) in [4.78, 5) is 21.0. The highest BCUT2D eigenvalue weighted by molar-refractivity contribution is 5.45. The minimum atomic E-state index is 0.558. The van der Waals surface area contributed by atoms with Crippen molar-refractivity contribution in [1.29, 1.82) is 0 Å². The summed E-state index contributed by atoms with van der Waals surface area (Å²) in [6.07, 6.45) is 8.91. The van der Waals surface area contributed by atoms with Crippen molar-refractivity contribution >= 4 is 11.5 Å². The van der Waals surface area contributed by atoms with Crippen molar-refractivity contribution in [2.45, 2.75) is 12.8 Å². The lowest BCUT2D eigenvalue weighted by atomic mass is 10.1. The first kappa shape index (κ1) is 22.2. The average Bonchev–Trinajstić information content (AvgIpc) is 3.39. The molecular weight excluding hydrogens is 452 g/mol. The lowest BCUT2D eigenvalue weighted by molar-refractivity contribution is 0.122. The van der Waals surface area contributed by atoms with Gasteiger partial charge >= 0.3 is 0 Å². The molecule has 1 aliphatic rings. The Morgan fingerprint density at radius 1 is 0.833 bits per heavy atom. The Balaban J connectivity index is 1.24. The molecular formula is C28H26N6O2. The predicted octanol–water partition coefficient (Wildman–Crippen LogP) is 4.33. The van der Waals surface area contributed by atoms with Gasteiger partial charge in [-0.25, -0.2) is 19.9 Å². The fourth-order valence-electron chi connectivity index (χ4n) is 4.30. The van der Waals surface area contributed by atoms with E-state index in [1.165, 1.54) is 0 Å². The standard InChI is InChI=1S/C28H26N6O2/c1-2-4-24(5-3-1)36-28-7-6-22(20-30-28)17-25-31-23(19-27(32-25)34-12-14-35-15-13-34)16-21-8-10-33-11-9-29-26(33)18-21/h1-11,18-20H,12-17H2. The molecule has 1 aromatic carbocycles. The number of imidazole rings is 1. The highest BCUT2D eigenvalue weighted by Crippen LogP contribution is 2.21. The van der Waals surface area contributed by atoms with E-state index < -0.39 is 0 Å². The van der Waals surface area contributed by atoms with Gasteiger partial charge in [-0.05, 0) is 35.4 Å².